The predicted molar refractivity (Wildman–Crippen MR) is 535 cm³/mol. The van der Waals surface area contributed by atoms with E-state index < -0.39 is 58.6 Å². The van der Waals surface area contributed by atoms with Crippen molar-refractivity contribution in [3.05, 3.63) is 173 Å². The van der Waals surface area contributed by atoms with E-state index in [0.29, 0.717) is 49.6 Å². The van der Waals surface area contributed by atoms with Crippen molar-refractivity contribution >= 4 is 117 Å². The van der Waals surface area contributed by atoms with Crippen molar-refractivity contribution in [1.29, 1.82) is 0 Å². The minimum absolute atomic E-state index is 0. The number of H-pyrrole nitrogens is 2. The molecule has 4 amide bonds. The summed E-state index contributed by atoms with van der Waals surface area (Å²) in [6, 6.07) is 33.9. The maximum atomic E-state index is 13.3. The minimum Gasteiger partial charge on any atom is -0.481 e. The van der Waals surface area contributed by atoms with E-state index in [4.69, 9.17) is 43.6 Å². The second-order valence-corrected chi connectivity index (χ2v) is 48.6. The van der Waals surface area contributed by atoms with Gasteiger partial charge in [0.15, 0.2) is 18.2 Å². The molecular formula is C107H145Br4N9O15. The van der Waals surface area contributed by atoms with E-state index >= 15 is 0 Å². The number of esters is 1. The number of fused-ring (bicyclic) bond motifs is 12. The van der Waals surface area contributed by atoms with Crippen LogP contribution in [0.5, 0.6) is 0 Å². The molecule has 28 heteroatoms. The number of carbonyl (C=O) groups is 9. The number of rotatable bonds is 17. The monoisotopic (exact) mass is 2110 g/mol. The number of imidazole rings is 2. The summed E-state index contributed by atoms with van der Waals surface area (Å²) < 4.78 is 32.2. The van der Waals surface area contributed by atoms with Crippen LogP contribution in [0, 0.1) is 10.8 Å². The molecular weight excluding hydrogens is 1970 g/mol. The molecule has 0 radical (unpaired) electrons. The van der Waals surface area contributed by atoms with Crippen molar-refractivity contribution in [2.24, 2.45) is 10.8 Å². The number of likely N-dealkylation sites (tertiary alicyclic amines) is 4. The van der Waals surface area contributed by atoms with Gasteiger partial charge in [-0.1, -0.05) is 112 Å². The quantitative estimate of drug-likeness (QED) is 0.0487. The van der Waals surface area contributed by atoms with Crippen LogP contribution in [0.3, 0.4) is 0 Å². The van der Waals surface area contributed by atoms with Crippen molar-refractivity contribution in [2.45, 2.75) is 387 Å². The molecule has 736 valence electrons. The van der Waals surface area contributed by atoms with Gasteiger partial charge in [0.25, 0.3) is 5.97 Å². The third-order valence-electron chi connectivity index (χ3n) is 32.0. The number of carboxylic acid groups (broad SMARTS) is 1. The first-order valence-corrected chi connectivity index (χ1v) is 52.5. The normalized spacial score (nSPS) is 28.7. The molecule has 135 heavy (non-hydrogen) atoms. The SMILES string of the molecule is CC(=O)O.CC(C)(C)OC(=O)N1CCC[C@H]1C(=O)CCC(=O)C12CCC(c3ccc(Br)cc3)(CC1)CC2.CC(C)(C)OC(=O)N1CCC[C@H]1C(=O)OCC(=O)C12CCC(c3cccc(Br)c3)(CC1)CC2.CC(C)(C)OC(=O)N1CCC[C@H]1c1ncc(C23CCC(c4ccc(Br)cc4)(CC2)CC3)[nH]1.CC(C)(C)OC(=O)N1CCC[C@H]1c1ncc(C23CCC(c4cccc(Br)c4)(CC2)CC3)[nH]1.N. The number of benzene rings is 4. The first kappa shape index (κ1) is 105. The van der Waals surface area contributed by atoms with E-state index in [1.807, 2.05) is 78.2 Å². The van der Waals surface area contributed by atoms with Crippen LogP contribution in [-0.4, -0.2) is 166 Å². The van der Waals surface area contributed by atoms with Gasteiger partial charge in [-0.2, -0.15) is 0 Å². The highest BCUT2D eigenvalue weighted by Crippen LogP contribution is 2.63. The Bertz CT molecular complexity index is 5130. The number of Topliss-reactive ketones (excluding diaryl/α,β-unsaturated/α-hetero) is 3. The molecule has 0 spiro atoms. The molecule has 22 rings (SSSR count). The molecule has 24 nitrogen and oxygen atoms in total. The van der Waals surface area contributed by atoms with E-state index in [9.17, 15) is 38.4 Å². The van der Waals surface area contributed by atoms with Gasteiger partial charge in [-0.15, -0.1) is 0 Å². The summed E-state index contributed by atoms with van der Waals surface area (Å²) in [4.78, 5) is 135. The molecule has 16 aliphatic rings. The van der Waals surface area contributed by atoms with Crippen LogP contribution >= 0.6 is 63.7 Å². The molecule has 4 atom stereocenters. The largest absolute Gasteiger partial charge is 0.481 e. The zero-order valence-corrected chi connectivity index (χ0v) is 88.2. The highest BCUT2D eigenvalue weighted by Gasteiger charge is 2.57. The lowest BCUT2D eigenvalue weighted by atomic mass is 9.50. The van der Waals surface area contributed by atoms with E-state index in [-0.39, 0.29) is 93.3 Å². The molecule has 6 N–H and O–H groups in total. The second-order valence-electron chi connectivity index (χ2n) is 44.9. The maximum Gasteiger partial charge on any atom is 0.411 e. The van der Waals surface area contributed by atoms with E-state index in [2.05, 4.69) is 177 Å². The Morgan fingerprint density at radius 2 is 0.674 bits per heavy atom. The number of aromatic amines is 2. The summed E-state index contributed by atoms with van der Waals surface area (Å²) in [7, 11) is 0. The molecule has 0 unspecified atom stereocenters. The molecule has 2 aromatic heterocycles. The van der Waals surface area contributed by atoms with Gasteiger partial charge < -0.3 is 44.9 Å². The molecule has 6 heterocycles. The number of amides is 4. The van der Waals surface area contributed by atoms with Gasteiger partial charge in [0.1, 0.15) is 45.9 Å². The summed E-state index contributed by atoms with van der Waals surface area (Å²) in [5.74, 6) is 0.791. The molecule has 4 aromatic carbocycles. The average molecular weight is 2120 g/mol. The predicted octanol–water partition coefficient (Wildman–Crippen LogP) is 25.7. The van der Waals surface area contributed by atoms with E-state index in [0.717, 1.165) is 154 Å². The van der Waals surface area contributed by atoms with Crippen molar-refractivity contribution in [3.8, 4) is 0 Å². The summed E-state index contributed by atoms with van der Waals surface area (Å²) in [6.07, 6.45) is 35.7. The van der Waals surface area contributed by atoms with Crippen molar-refractivity contribution in [1.82, 2.24) is 45.7 Å². The molecule has 12 aliphatic carbocycles. The van der Waals surface area contributed by atoms with Crippen molar-refractivity contribution < 1.29 is 71.9 Å². The number of hydrogen-bond acceptors (Lipinski definition) is 17. The maximum absolute atomic E-state index is 13.3. The Hall–Kier alpha value is -7.79. The fourth-order valence-electron chi connectivity index (χ4n) is 24.3. The minimum atomic E-state index is -0.833. The van der Waals surface area contributed by atoms with E-state index in [1.165, 1.54) is 120 Å². The molecule has 4 saturated heterocycles. The average Bonchev–Trinajstić information content (AvgIpc) is 1.73. The molecule has 4 aliphatic heterocycles. The Morgan fingerprint density at radius 3 is 1.02 bits per heavy atom. The van der Waals surface area contributed by atoms with Crippen molar-refractivity contribution in [2.75, 3.05) is 32.8 Å². The third-order valence-corrected chi connectivity index (χ3v) is 34.1. The molecule has 16 fully saturated rings. The number of carbonyl (C=O) groups excluding carboxylic acids is 8. The Balaban J connectivity index is 0.000000150. The van der Waals surface area contributed by atoms with Gasteiger partial charge >= 0.3 is 30.3 Å². The summed E-state index contributed by atoms with van der Waals surface area (Å²) in [5, 5.41) is 7.42. The zero-order valence-electron chi connectivity index (χ0n) is 81.8. The molecule has 12 saturated carbocycles. The fourth-order valence-corrected chi connectivity index (χ4v) is 25.7. The Kier molecular flexibility index (Phi) is 32.5. The van der Waals surface area contributed by atoms with Gasteiger partial charge in [-0.3, -0.25) is 38.8 Å². The summed E-state index contributed by atoms with van der Waals surface area (Å²) in [6.45, 7) is 25.7. The van der Waals surface area contributed by atoms with Crippen LogP contribution in [0.4, 0.5) is 19.2 Å². The highest BCUT2D eigenvalue weighted by atomic mass is 79.9. The van der Waals surface area contributed by atoms with E-state index in [1.54, 1.807) is 25.7 Å². The van der Waals surface area contributed by atoms with Crippen LogP contribution in [0.15, 0.2) is 127 Å². The van der Waals surface area contributed by atoms with Crippen molar-refractivity contribution in [3.63, 3.8) is 0 Å². The number of nitrogens with one attached hydrogen (secondary N) is 2. The fraction of sp³-hybridized carbons (Fsp3) is 0.636. The summed E-state index contributed by atoms with van der Waals surface area (Å²) >= 11 is 14.3. The standard InChI is InChI=1S/C27H36BrNO4.2C26H34BrN3O2.C26H34BrNO5.C2H4O2.H3N/c1-25(2,3)33-24(32)29-18-4-5-21(29)22(30)10-11-23(31)27-15-12-26(13-16-27,14-17-27)19-6-8-20(28)9-7-19;1-24(2,3)32-23(31)30-15-5-8-20(30)22-28-17-21(29-22)26-12-9-25(10-13-26,11-14-26)18-6-4-7-19(27)16-18;1-24(2,3)32-23(31)30-16-4-5-20(30)22-28-17-21(29-22)26-13-10-25(11-14-26,12-15-26)18-6-8-19(27)9-7-18;1-24(2,3)33-23(31)28-15-5-8-20(28)22(30)32-17-21(29)26-12-9-25(10-13-26,11-14-26)18-6-4-7-19(27)16-18;1-2(3)4;/h6-9,21H,4-5,10-18H2,1-3H3;4,6-7,16-17,20H,5,8-15H2,1-3H3,(H,28,29);6-9,17,20H,4-5,10-16H2,1-3H3,(H,28,29);4,6-7,16,20H,5,8-15,17H2,1-3H3;1H3,(H,3,4);1H3/t21-,26?,27?;3*20-,25?,26?;;/m0000../s1. The molecule has 8 bridgehead atoms. The second kappa shape index (κ2) is 41.9. The number of nitrogens with zero attached hydrogens (tertiary/aromatic N) is 6. The van der Waals surface area contributed by atoms with Gasteiger partial charge in [-0.05, 0) is 381 Å². The number of aromatic nitrogens is 4. The van der Waals surface area contributed by atoms with Crippen LogP contribution in [0.25, 0.3) is 0 Å². The van der Waals surface area contributed by atoms with Crippen LogP contribution in [0.2, 0.25) is 0 Å². The Labute approximate surface area is 832 Å². The van der Waals surface area contributed by atoms with Gasteiger partial charge in [-0.25, -0.2) is 33.9 Å². The van der Waals surface area contributed by atoms with Gasteiger partial charge in [0.05, 0.1) is 18.1 Å². The van der Waals surface area contributed by atoms with Crippen LogP contribution in [0.1, 0.15) is 366 Å². The number of aliphatic carboxylic acids is 1. The smallest absolute Gasteiger partial charge is 0.411 e. The highest BCUT2D eigenvalue weighted by molar-refractivity contribution is 9.11. The van der Waals surface area contributed by atoms with Crippen LogP contribution < -0.4 is 6.15 Å². The topological polar surface area (TPSA) is 325 Å². The van der Waals surface area contributed by atoms with Gasteiger partial charge in [0.2, 0.25) is 0 Å². The number of ether oxygens (including phenoxy) is 5. The third kappa shape index (κ3) is 24.1. The lowest BCUT2D eigenvalue weighted by Crippen LogP contribution is -2.49. The number of hydrogen-bond donors (Lipinski definition) is 4. The first-order chi connectivity index (χ1) is 63.2. The number of ketones is 3. The molecule has 6 aromatic rings. The summed E-state index contributed by atoms with van der Waals surface area (Å²) in [5.41, 5.74) is 6.89. The van der Waals surface area contributed by atoms with Gasteiger partial charge in [0, 0.05) is 109 Å². The van der Waals surface area contributed by atoms with Crippen LogP contribution in [-0.2, 0) is 80.1 Å². The zero-order chi connectivity index (χ0) is 96.4. The number of halogens is 4. The number of carboxylic acids is 1. The first-order valence-electron chi connectivity index (χ1n) is 49.3. The lowest BCUT2D eigenvalue weighted by Gasteiger charge is -2.53. The Morgan fingerprint density at radius 1 is 0.378 bits per heavy atom. The lowest BCUT2D eigenvalue weighted by molar-refractivity contribution is -0.157.